The molecule has 2 aliphatic rings. The van der Waals surface area contributed by atoms with Gasteiger partial charge >= 0.3 is 0 Å². The smallest absolute Gasteiger partial charge is 0.0584 e. The van der Waals surface area contributed by atoms with Crippen molar-refractivity contribution in [3.8, 4) is 0 Å². The van der Waals surface area contributed by atoms with E-state index in [2.05, 4.69) is 24.5 Å². The summed E-state index contributed by atoms with van der Waals surface area (Å²) in [6, 6.07) is 0. The third-order valence-corrected chi connectivity index (χ3v) is 4.68. The summed E-state index contributed by atoms with van der Waals surface area (Å²) in [5.74, 6) is 1.40. The molecule has 0 bridgehead atoms. The van der Waals surface area contributed by atoms with Crippen molar-refractivity contribution < 1.29 is 0 Å². The van der Waals surface area contributed by atoms with Gasteiger partial charge in [0.2, 0.25) is 0 Å². The molecule has 0 radical (unpaired) electrons. The molecule has 0 aliphatic carbocycles. The summed E-state index contributed by atoms with van der Waals surface area (Å²) in [4.78, 5) is 9.47. The molecule has 0 spiro atoms. The summed E-state index contributed by atoms with van der Waals surface area (Å²) in [6.45, 7) is 10.7. The number of nitrogens with zero attached hydrogens (tertiary/aromatic N) is 2. The Labute approximate surface area is 123 Å². The highest BCUT2D eigenvalue weighted by Crippen LogP contribution is 2.14. The van der Waals surface area contributed by atoms with E-state index in [1.807, 2.05) is 0 Å². The highest BCUT2D eigenvalue weighted by atomic mass is 14.9. The predicted octanol–water partition coefficient (Wildman–Crippen LogP) is 1.91. The lowest BCUT2D eigenvalue weighted by atomic mass is 9.93. The summed E-state index contributed by atoms with van der Waals surface area (Å²) < 4.78 is 0. The summed E-state index contributed by atoms with van der Waals surface area (Å²) >= 11 is 0. The molecule has 0 amide bonds. The molecule has 4 heteroatoms. The molecular weight excluding hydrogens is 248 g/mol. The minimum Gasteiger partial charge on any atom is -0.317 e. The second kappa shape index (κ2) is 8.53. The molecule has 20 heavy (non-hydrogen) atoms. The first-order chi connectivity index (χ1) is 9.77. The summed E-state index contributed by atoms with van der Waals surface area (Å²) in [6.07, 6.45) is 4.97. The molecule has 114 valence electrons. The van der Waals surface area contributed by atoms with Crippen LogP contribution in [0.1, 0.15) is 39.5 Å². The average molecular weight is 278 g/mol. The summed E-state index contributed by atoms with van der Waals surface area (Å²) in [5.41, 5.74) is 2.67. The van der Waals surface area contributed by atoms with E-state index in [-0.39, 0.29) is 0 Å². The predicted molar refractivity (Wildman–Crippen MR) is 87.1 cm³/mol. The zero-order chi connectivity index (χ0) is 14.2. The van der Waals surface area contributed by atoms with Gasteiger partial charge in [0, 0.05) is 11.4 Å². The SMILES string of the molecule is CC(=NCCN=C(C)C1CCNCC1)C1CCNCC1. The van der Waals surface area contributed by atoms with Crippen LogP contribution in [0.5, 0.6) is 0 Å². The maximum absolute atomic E-state index is 4.73. The normalized spacial score (nSPS) is 24.1. The van der Waals surface area contributed by atoms with Gasteiger partial charge in [0.1, 0.15) is 0 Å². The van der Waals surface area contributed by atoms with Gasteiger partial charge in [0.25, 0.3) is 0 Å². The third kappa shape index (κ3) is 4.98. The van der Waals surface area contributed by atoms with E-state index in [1.165, 1.54) is 37.1 Å². The topological polar surface area (TPSA) is 48.8 Å². The van der Waals surface area contributed by atoms with E-state index < -0.39 is 0 Å². The van der Waals surface area contributed by atoms with Crippen LogP contribution >= 0.6 is 0 Å². The van der Waals surface area contributed by atoms with Gasteiger partial charge < -0.3 is 10.6 Å². The Morgan fingerprint density at radius 2 is 1.10 bits per heavy atom. The molecular formula is C16H30N4. The summed E-state index contributed by atoms with van der Waals surface area (Å²) in [5, 5.41) is 6.81. The molecule has 0 unspecified atom stereocenters. The van der Waals surface area contributed by atoms with E-state index in [9.17, 15) is 0 Å². The molecule has 0 saturated carbocycles. The van der Waals surface area contributed by atoms with Crippen molar-refractivity contribution in [1.82, 2.24) is 10.6 Å². The highest BCUT2D eigenvalue weighted by Gasteiger charge is 2.16. The van der Waals surface area contributed by atoms with E-state index in [1.54, 1.807) is 0 Å². The molecule has 0 aromatic heterocycles. The molecule has 0 aromatic carbocycles. The van der Waals surface area contributed by atoms with Crippen molar-refractivity contribution >= 4 is 11.4 Å². The van der Waals surface area contributed by atoms with Crippen molar-refractivity contribution in [2.24, 2.45) is 21.8 Å². The van der Waals surface area contributed by atoms with Gasteiger partial charge in [0.15, 0.2) is 0 Å². The largest absolute Gasteiger partial charge is 0.317 e. The molecule has 2 rings (SSSR count). The summed E-state index contributed by atoms with van der Waals surface area (Å²) in [7, 11) is 0. The quantitative estimate of drug-likeness (QED) is 0.596. The number of hydrogen-bond donors (Lipinski definition) is 2. The van der Waals surface area contributed by atoms with Crippen LogP contribution < -0.4 is 10.6 Å². The van der Waals surface area contributed by atoms with Crippen LogP contribution in [-0.4, -0.2) is 50.7 Å². The van der Waals surface area contributed by atoms with E-state index in [0.29, 0.717) is 11.8 Å². The van der Waals surface area contributed by atoms with Crippen LogP contribution in [0.15, 0.2) is 9.98 Å². The molecule has 0 atom stereocenters. The molecule has 0 aromatic rings. The number of piperidine rings is 2. The van der Waals surface area contributed by atoms with Crippen molar-refractivity contribution in [1.29, 1.82) is 0 Å². The van der Waals surface area contributed by atoms with Crippen LogP contribution in [-0.2, 0) is 0 Å². The monoisotopic (exact) mass is 278 g/mol. The van der Waals surface area contributed by atoms with Crippen molar-refractivity contribution in [3.05, 3.63) is 0 Å². The van der Waals surface area contributed by atoms with Crippen molar-refractivity contribution in [2.75, 3.05) is 39.3 Å². The lowest BCUT2D eigenvalue weighted by Gasteiger charge is -2.23. The molecule has 2 N–H and O–H groups in total. The number of aliphatic imine (C=N–C) groups is 2. The van der Waals surface area contributed by atoms with Gasteiger partial charge in [-0.05, 0) is 77.5 Å². The lowest BCUT2D eigenvalue weighted by Crippen LogP contribution is -2.31. The fourth-order valence-corrected chi connectivity index (χ4v) is 3.19. The Morgan fingerprint density at radius 3 is 1.45 bits per heavy atom. The third-order valence-electron chi connectivity index (χ3n) is 4.68. The Hall–Kier alpha value is -0.740. The molecule has 2 saturated heterocycles. The lowest BCUT2D eigenvalue weighted by molar-refractivity contribution is 0.454. The molecule has 4 nitrogen and oxygen atoms in total. The zero-order valence-electron chi connectivity index (χ0n) is 13.1. The zero-order valence-corrected chi connectivity index (χ0v) is 13.1. The van der Waals surface area contributed by atoms with Gasteiger partial charge in [-0.15, -0.1) is 0 Å². The van der Waals surface area contributed by atoms with Gasteiger partial charge in [0.05, 0.1) is 13.1 Å². The maximum Gasteiger partial charge on any atom is 0.0584 e. The first-order valence-corrected chi connectivity index (χ1v) is 8.20. The Kier molecular flexibility index (Phi) is 6.67. The number of nitrogens with one attached hydrogen (secondary N) is 2. The van der Waals surface area contributed by atoms with Crippen molar-refractivity contribution in [3.63, 3.8) is 0 Å². The second-order valence-electron chi connectivity index (χ2n) is 6.09. The molecule has 2 heterocycles. The van der Waals surface area contributed by atoms with Crippen LogP contribution in [0.25, 0.3) is 0 Å². The van der Waals surface area contributed by atoms with E-state index >= 15 is 0 Å². The number of hydrogen-bond acceptors (Lipinski definition) is 4. The number of rotatable bonds is 5. The average Bonchev–Trinajstić information content (AvgIpc) is 2.53. The van der Waals surface area contributed by atoms with Crippen LogP contribution in [0.4, 0.5) is 0 Å². The Morgan fingerprint density at radius 1 is 0.750 bits per heavy atom. The van der Waals surface area contributed by atoms with E-state index in [0.717, 1.165) is 39.3 Å². The fraction of sp³-hybridized carbons (Fsp3) is 0.875. The van der Waals surface area contributed by atoms with Crippen LogP contribution in [0.2, 0.25) is 0 Å². The first-order valence-electron chi connectivity index (χ1n) is 8.20. The molecule has 2 aliphatic heterocycles. The maximum atomic E-state index is 4.73. The van der Waals surface area contributed by atoms with Crippen molar-refractivity contribution in [2.45, 2.75) is 39.5 Å². The first kappa shape index (κ1) is 15.6. The van der Waals surface area contributed by atoms with Gasteiger partial charge in [-0.2, -0.15) is 0 Å². The van der Waals surface area contributed by atoms with Gasteiger partial charge in [-0.3, -0.25) is 9.98 Å². The fourth-order valence-electron chi connectivity index (χ4n) is 3.19. The standard InChI is InChI=1S/C16H30N4/c1-13(15-3-7-17-8-4-15)19-11-12-20-14(2)16-5-9-18-10-6-16/h15-18H,3-12H2,1-2H3. The molecule has 2 fully saturated rings. The minimum absolute atomic E-state index is 0.700. The second-order valence-corrected chi connectivity index (χ2v) is 6.09. The Balaban J connectivity index is 1.71. The van der Waals surface area contributed by atoms with Crippen LogP contribution in [0.3, 0.4) is 0 Å². The van der Waals surface area contributed by atoms with E-state index in [4.69, 9.17) is 9.98 Å². The Bertz CT molecular complexity index is 302. The highest BCUT2D eigenvalue weighted by molar-refractivity contribution is 5.85. The minimum atomic E-state index is 0.700. The van der Waals surface area contributed by atoms with Gasteiger partial charge in [-0.25, -0.2) is 0 Å². The van der Waals surface area contributed by atoms with Crippen LogP contribution in [0, 0.1) is 11.8 Å². The van der Waals surface area contributed by atoms with Gasteiger partial charge in [-0.1, -0.05) is 0 Å².